The second-order valence-corrected chi connectivity index (χ2v) is 5.89. The average molecular weight is 277 g/mol. The van der Waals surface area contributed by atoms with E-state index in [0.717, 1.165) is 18.2 Å². The number of rotatable bonds is 4. The van der Waals surface area contributed by atoms with Gasteiger partial charge in [-0.2, -0.15) is 0 Å². The van der Waals surface area contributed by atoms with Crippen LogP contribution in [0.3, 0.4) is 0 Å². The SMILES string of the molecule is Cc1cn(Cc2cccc3ccccc23)c(NC2CC2)n1. The lowest BCUT2D eigenvalue weighted by molar-refractivity contribution is 0.801. The fourth-order valence-electron chi connectivity index (χ4n) is 2.81. The van der Waals surface area contributed by atoms with Crippen LogP contribution in [0.5, 0.6) is 0 Å². The van der Waals surface area contributed by atoms with Crippen molar-refractivity contribution in [3.63, 3.8) is 0 Å². The number of benzene rings is 2. The highest BCUT2D eigenvalue weighted by molar-refractivity contribution is 5.85. The van der Waals surface area contributed by atoms with Crippen LogP contribution in [0.1, 0.15) is 24.1 Å². The molecule has 0 unspecified atom stereocenters. The number of anilines is 1. The smallest absolute Gasteiger partial charge is 0.203 e. The number of hydrogen-bond acceptors (Lipinski definition) is 2. The molecular weight excluding hydrogens is 258 g/mol. The van der Waals surface area contributed by atoms with Gasteiger partial charge in [-0.25, -0.2) is 4.98 Å². The van der Waals surface area contributed by atoms with Crippen LogP contribution >= 0.6 is 0 Å². The van der Waals surface area contributed by atoms with E-state index in [1.807, 2.05) is 0 Å². The summed E-state index contributed by atoms with van der Waals surface area (Å²) in [5.41, 5.74) is 2.41. The van der Waals surface area contributed by atoms with Gasteiger partial charge in [0.15, 0.2) is 0 Å². The van der Waals surface area contributed by atoms with Gasteiger partial charge in [0.2, 0.25) is 5.95 Å². The molecule has 0 spiro atoms. The molecule has 1 N–H and O–H groups in total. The molecule has 106 valence electrons. The molecule has 0 aliphatic heterocycles. The van der Waals surface area contributed by atoms with Crippen LogP contribution in [0.2, 0.25) is 0 Å². The summed E-state index contributed by atoms with van der Waals surface area (Å²) < 4.78 is 2.23. The van der Waals surface area contributed by atoms with E-state index in [4.69, 9.17) is 0 Å². The van der Waals surface area contributed by atoms with Gasteiger partial charge in [-0.05, 0) is 36.1 Å². The number of fused-ring (bicyclic) bond motifs is 1. The zero-order chi connectivity index (χ0) is 14.2. The Morgan fingerprint density at radius 2 is 1.95 bits per heavy atom. The summed E-state index contributed by atoms with van der Waals surface area (Å²) in [7, 11) is 0. The highest BCUT2D eigenvalue weighted by atomic mass is 15.2. The molecule has 1 aliphatic rings. The summed E-state index contributed by atoms with van der Waals surface area (Å²) in [4.78, 5) is 4.62. The highest BCUT2D eigenvalue weighted by Crippen LogP contribution is 2.26. The van der Waals surface area contributed by atoms with E-state index < -0.39 is 0 Å². The molecule has 1 aliphatic carbocycles. The van der Waals surface area contributed by atoms with Gasteiger partial charge < -0.3 is 9.88 Å². The van der Waals surface area contributed by atoms with E-state index in [0.29, 0.717) is 6.04 Å². The van der Waals surface area contributed by atoms with Crippen molar-refractivity contribution in [3.05, 3.63) is 59.9 Å². The molecule has 1 saturated carbocycles. The van der Waals surface area contributed by atoms with Crippen LogP contribution in [-0.2, 0) is 6.54 Å². The Morgan fingerprint density at radius 1 is 1.14 bits per heavy atom. The summed E-state index contributed by atoms with van der Waals surface area (Å²) in [6.45, 7) is 2.91. The van der Waals surface area contributed by atoms with Crippen LogP contribution in [0, 0.1) is 6.92 Å². The van der Waals surface area contributed by atoms with E-state index in [1.165, 1.54) is 29.2 Å². The second-order valence-electron chi connectivity index (χ2n) is 5.89. The van der Waals surface area contributed by atoms with Crippen LogP contribution in [0.15, 0.2) is 48.7 Å². The number of aryl methyl sites for hydroxylation is 1. The fourth-order valence-corrected chi connectivity index (χ4v) is 2.81. The number of aromatic nitrogens is 2. The standard InChI is InChI=1S/C18H19N3/c1-13-11-21(18(19-13)20-16-9-10-16)12-15-7-4-6-14-5-2-3-8-17(14)15/h2-8,11,16H,9-10,12H2,1H3,(H,19,20). The van der Waals surface area contributed by atoms with Crippen LogP contribution in [-0.4, -0.2) is 15.6 Å². The summed E-state index contributed by atoms with van der Waals surface area (Å²) in [5.74, 6) is 1.00. The van der Waals surface area contributed by atoms with Crippen LogP contribution < -0.4 is 5.32 Å². The van der Waals surface area contributed by atoms with Crippen molar-refractivity contribution in [2.75, 3.05) is 5.32 Å². The molecule has 21 heavy (non-hydrogen) atoms. The van der Waals surface area contributed by atoms with E-state index >= 15 is 0 Å². The van der Waals surface area contributed by atoms with Crippen molar-refractivity contribution in [2.24, 2.45) is 0 Å². The number of hydrogen-bond donors (Lipinski definition) is 1. The Bertz CT molecular complexity index is 779. The Labute approximate surface area is 124 Å². The lowest BCUT2D eigenvalue weighted by atomic mass is 10.0. The summed E-state index contributed by atoms with van der Waals surface area (Å²) >= 11 is 0. The van der Waals surface area contributed by atoms with Gasteiger partial charge in [-0.1, -0.05) is 42.5 Å². The predicted octanol–water partition coefficient (Wildman–Crippen LogP) is 3.97. The Kier molecular flexibility index (Phi) is 2.92. The molecule has 0 atom stereocenters. The average Bonchev–Trinajstić information content (AvgIpc) is 3.24. The molecule has 1 aromatic heterocycles. The van der Waals surface area contributed by atoms with Crippen molar-refractivity contribution < 1.29 is 0 Å². The molecule has 4 rings (SSSR count). The van der Waals surface area contributed by atoms with E-state index in [1.54, 1.807) is 0 Å². The van der Waals surface area contributed by atoms with Crippen LogP contribution in [0.25, 0.3) is 10.8 Å². The van der Waals surface area contributed by atoms with Crippen molar-refractivity contribution in [2.45, 2.75) is 32.4 Å². The zero-order valence-corrected chi connectivity index (χ0v) is 12.2. The molecule has 0 radical (unpaired) electrons. The minimum absolute atomic E-state index is 0.623. The Balaban J connectivity index is 1.71. The van der Waals surface area contributed by atoms with Crippen molar-refractivity contribution in [1.82, 2.24) is 9.55 Å². The minimum atomic E-state index is 0.623. The van der Waals surface area contributed by atoms with E-state index in [9.17, 15) is 0 Å². The third kappa shape index (κ3) is 2.51. The molecule has 3 aromatic rings. The summed E-state index contributed by atoms with van der Waals surface area (Å²) in [6.07, 6.45) is 4.66. The van der Waals surface area contributed by atoms with Crippen molar-refractivity contribution >= 4 is 16.7 Å². The van der Waals surface area contributed by atoms with Gasteiger partial charge in [-0.15, -0.1) is 0 Å². The molecule has 1 fully saturated rings. The normalized spacial score (nSPS) is 14.5. The molecule has 2 aromatic carbocycles. The topological polar surface area (TPSA) is 29.9 Å². The molecule has 0 bridgehead atoms. The molecule has 3 nitrogen and oxygen atoms in total. The lowest BCUT2D eigenvalue weighted by Gasteiger charge is -2.11. The molecule has 3 heteroatoms. The fraction of sp³-hybridized carbons (Fsp3) is 0.278. The summed E-state index contributed by atoms with van der Waals surface area (Å²) in [5, 5.41) is 6.14. The quantitative estimate of drug-likeness (QED) is 0.782. The first-order valence-corrected chi connectivity index (χ1v) is 7.56. The Morgan fingerprint density at radius 3 is 2.81 bits per heavy atom. The Hall–Kier alpha value is -2.29. The largest absolute Gasteiger partial charge is 0.353 e. The second kappa shape index (κ2) is 4.92. The number of imidazole rings is 1. The third-order valence-electron chi connectivity index (χ3n) is 4.03. The lowest BCUT2D eigenvalue weighted by Crippen LogP contribution is -2.09. The molecule has 0 amide bonds. The maximum absolute atomic E-state index is 4.62. The monoisotopic (exact) mass is 277 g/mol. The first-order chi connectivity index (χ1) is 10.3. The predicted molar refractivity (Wildman–Crippen MR) is 86.7 cm³/mol. The van der Waals surface area contributed by atoms with Gasteiger partial charge in [0, 0.05) is 12.2 Å². The first kappa shape index (κ1) is 12.5. The van der Waals surface area contributed by atoms with Crippen LogP contribution in [0.4, 0.5) is 5.95 Å². The third-order valence-corrected chi connectivity index (χ3v) is 4.03. The number of nitrogens with zero attached hydrogens (tertiary/aromatic N) is 2. The van der Waals surface area contributed by atoms with Gasteiger partial charge in [0.25, 0.3) is 0 Å². The molecule has 1 heterocycles. The van der Waals surface area contributed by atoms with Gasteiger partial charge in [0.1, 0.15) is 0 Å². The van der Waals surface area contributed by atoms with Crippen molar-refractivity contribution in [1.29, 1.82) is 0 Å². The van der Waals surface area contributed by atoms with E-state index in [-0.39, 0.29) is 0 Å². The molecular formula is C18H19N3. The van der Waals surface area contributed by atoms with Gasteiger partial charge in [0.05, 0.1) is 12.2 Å². The van der Waals surface area contributed by atoms with Gasteiger partial charge >= 0.3 is 0 Å². The first-order valence-electron chi connectivity index (χ1n) is 7.56. The molecule has 0 saturated heterocycles. The maximum Gasteiger partial charge on any atom is 0.203 e. The van der Waals surface area contributed by atoms with Crippen molar-refractivity contribution in [3.8, 4) is 0 Å². The summed E-state index contributed by atoms with van der Waals surface area (Å²) in [6, 6.07) is 15.7. The maximum atomic E-state index is 4.62. The number of nitrogens with one attached hydrogen (secondary N) is 1. The minimum Gasteiger partial charge on any atom is -0.353 e. The van der Waals surface area contributed by atoms with E-state index in [2.05, 4.69) is 70.5 Å². The zero-order valence-electron chi connectivity index (χ0n) is 12.2. The highest BCUT2D eigenvalue weighted by Gasteiger charge is 2.23. The van der Waals surface area contributed by atoms with Gasteiger partial charge in [-0.3, -0.25) is 0 Å².